The first-order chi connectivity index (χ1) is 12.6. The largest absolute Gasteiger partial charge is 0.496 e. The van der Waals surface area contributed by atoms with Gasteiger partial charge in [0.25, 0.3) is 0 Å². The standard InChI is InChI=1S/C19H21N5O2/c1-12-8-9-16(13(2)10-12)20-19(25)15(18-21-23-24-22-18)11-14-6-4-5-7-17(14)26-3/h4-10,15H,11H2,1-3H3,(H,20,25)(H,21,22,23,24)/t15-/m0/s1. The van der Waals surface area contributed by atoms with Crippen LogP contribution in [0.15, 0.2) is 42.5 Å². The summed E-state index contributed by atoms with van der Waals surface area (Å²) in [4.78, 5) is 13.0. The minimum absolute atomic E-state index is 0.191. The van der Waals surface area contributed by atoms with E-state index in [0.717, 1.165) is 28.1 Å². The highest BCUT2D eigenvalue weighted by Crippen LogP contribution is 2.26. The molecular weight excluding hydrogens is 330 g/mol. The number of methoxy groups -OCH3 is 1. The van der Waals surface area contributed by atoms with Crippen LogP contribution in [-0.4, -0.2) is 33.6 Å². The molecule has 1 aromatic heterocycles. The Morgan fingerprint density at radius 1 is 1.23 bits per heavy atom. The van der Waals surface area contributed by atoms with Gasteiger partial charge in [0, 0.05) is 5.69 Å². The smallest absolute Gasteiger partial charge is 0.235 e. The third-order valence-corrected chi connectivity index (χ3v) is 4.25. The predicted molar refractivity (Wildman–Crippen MR) is 98.2 cm³/mol. The summed E-state index contributed by atoms with van der Waals surface area (Å²) in [5.41, 5.74) is 3.82. The van der Waals surface area contributed by atoms with E-state index in [2.05, 4.69) is 25.9 Å². The summed E-state index contributed by atoms with van der Waals surface area (Å²) in [7, 11) is 1.61. The van der Waals surface area contributed by atoms with E-state index in [1.807, 2.05) is 56.3 Å². The quantitative estimate of drug-likeness (QED) is 0.712. The Labute approximate surface area is 151 Å². The summed E-state index contributed by atoms with van der Waals surface area (Å²) in [5.74, 6) is 0.286. The van der Waals surface area contributed by atoms with Crippen molar-refractivity contribution in [2.75, 3.05) is 12.4 Å². The van der Waals surface area contributed by atoms with Crippen LogP contribution in [0.3, 0.4) is 0 Å². The number of H-pyrrole nitrogens is 1. The Morgan fingerprint density at radius 3 is 2.73 bits per heavy atom. The van der Waals surface area contributed by atoms with Gasteiger partial charge in [0.1, 0.15) is 11.7 Å². The maximum Gasteiger partial charge on any atom is 0.235 e. The van der Waals surface area contributed by atoms with Gasteiger partial charge in [-0.1, -0.05) is 41.1 Å². The van der Waals surface area contributed by atoms with Gasteiger partial charge < -0.3 is 10.1 Å². The number of aryl methyl sites for hydroxylation is 2. The molecule has 0 saturated heterocycles. The summed E-state index contributed by atoms with van der Waals surface area (Å²) in [6, 6.07) is 13.5. The van der Waals surface area contributed by atoms with E-state index in [9.17, 15) is 4.79 Å². The zero-order chi connectivity index (χ0) is 18.5. The van der Waals surface area contributed by atoms with Crippen LogP contribution in [0.5, 0.6) is 5.75 Å². The number of tetrazole rings is 1. The Morgan fingerprint density at radius 2 is 2.04 bits per heavy atom. The van der Waals surface area contributed by atoms with Crippen LogP contribution < -0.4 is 10.1 Å². The number of anilines is 1. The number of nitrogens with zero attached hydrogens (tertiary/aromatic N) is 3. The molecule has 0 fully saturated rings. The first-order valence-corrected chi connectivity index (χ1v) is 8.32. The molecule has 1 amide bonds. The number of para-hydroxylation sites is 1. The van der Waals surface area contributed by atoms with Gasteiger partial charge in [-0.15, -0.1) is 10.2 Å². The number of carbonyl (C=O) groups excluding carboxylic acids is 1. The van der Waals surface area contributed by atoms with Crippen LogP contribution in [0.2, 0.25) is 0 Å². The molecule has 0 radical (unpaired) electrons. The maximum absolute atomic E-state index is 13.0. The highest BCUT2D eigenvalue weighted by molar-refractivity contribution is 5.96. The predicted octanol–water partition coefficient (Wildman–Crippen LogP) is 2.79. The number of aromatic amines is 1. The molecule has 0 aliphatic heterocycles. The number of nitrogens with one attached hydrogen (secondary N) is 2. The van der Waals surface area contributed by atoms with Crippen molar-refractivity contribution in [3.63, 3.8) is 0 Å². The number of hydrogen-bond acceptors (Lipinski definition) is 5. The van der Waals surface area contributed by atoms with Crippen LogP contribution in [0, 0.1) is 13.8 Å². The lowest BCUT2D eigenvalue weighted by Crippen LogP contribution is -2.24. The average molecular weight is 351 g/mol. The third-order valence-electron chi connectivity index (χ3n) is 4.25. The van der Waals surface area contributed by atoms with Crippen LogP contribution in [0.4, 0.5) is 5.69 Å². The van der Waals surface area contributed by atoms with E-state index >= 15 is 0 Å². The highest BCUT2D eigenvalue weighted by atomic mass is 16.5. The minimum atomic E-state index is -0.592. The molecule has 2 N–H and O–H groups in total. The second kappa shape index (κ2) is 7.77. The normalized spacial score (nSPS) is 11.8. The molecule has 1 heterocycles. The highest BCUT2D eigenvalue weighted by Gasteiger charge is 2.27. The summed E-state index contributed by atoms with van der Waals surface area (Å²) >= 11 is 0. The molecule has 0 aliphatic rings. The molecule has 0 unspecified atom stereocenters. The number of ether oxygens (including phenoxy) is 1. The maximum atomic E-state index is 13.0. The molecule has 0 bridgehead atoms. The summed E-state index contributed by atoms with van der Waals surface area (Å²) < 4.78 is 5.40. The molecule has 2 aromatic carbocycles. The lowest BCUT2D eigenvalue weighted by molar-refractivity contribution is -0.117. The molecule has 0 aliphatic carbocycles. The summed E-state index contributed by atoms with van der Waals surface area (Å²) in [5, 5.41) is 17.0. The molecule has 3 rings (SSSR count). The fourth-order valence-electron chi connectivity index (χ4n) is 2.88. The van der Waals surface area contributed by atoms with Crippen molar-refractivity contribution in [3.8, 4) is 5.75 Å². The van der Waals surface area contributed by atoms with E-state index < -0.39 is 5.92 Å². The van der Waals surface area contributed by atoms with Gasteiger partial charge in [-0.25, -0.2) is 0 Å². The van der Waals surface area contributed by atoms with Gasteiger partial charge >= 0.3 is 0 Å². The molecule has 7 heteroatoms. The van der Waals surface area contributed by atoms with Crippen molar-refractivity contribution in [3.05, 3.63) is 65.0 Å². The van der Waals surface area contributed by atoms with Gasteiger partial charge in [0.05, 0.1) is 7.11 Å². The molecule has 3 aromatic rings. The zero-order valence-electron chi connectivity index (χ0n) is 15.0. The average Bonchev–Trinajstić information content (AvgIpc) is 3.16. The Balaban J connectivity index is 1.88. The second-order valence-corrected chi connectivity index (χ2v) is 6.15. The lowest BCUT2D eigenvalue weighted by Gasteiger charge is -2.16. The topological polar surface area (TPSA) is 92.8 Å². The van der Waals surface area contributed by atoms with E-state index in [1.165, 1.54) is 0 Å². The Kier molecular flexibility index (Phi) is 5.26. The molecule has 1 atom stereocenters. The molecule has 0 saturated carbocycles. The number of rotatable bonds is 6. The van der Waals surface area contributed by atoms with Gasteiger partial charge in [-0.3, -0.25) is 4.79 Å². The molecule has 134 valence electrons. The fourth-order valence-corrected chi connectivity index (χ4v) is 2.88. The van der Waals surface area contributed by atoms with Crippen molar-refractivity contribution < 1.29 is 9.53 Å². The third kappa shape index (κ3) is 3.88. The molecule has 26 heavy (non-hydrogen) atoms. The van der Waals surface area contributed by atoms with Crippen LogP contribution in [-0.2, 0) is 11.2 Å². The van der Waals surface area contributed by atoms with Crippen molar-refractivity contribution >= 4 is 11.6 Å². The molecule has 7 nitrogen and oxygen atoms in total. The Bertz CT molecular complexity index is 893. The monoisotopic (exact) mass is 351 g/mol. The van der Waals surface area contributed by atoms with Crippen LogP contribution >= 0.6 is 0 Å². The van der Waals surface area contributed by atoms with E-state index in [4.69, 9.17) is 4.74 Å². The van der Waals surface area contributed by atoms with Gasteiger partial charge in [0.2, 0.25) is 5.91 Å². The van der Waals surface area contributed by atoms with E-state index in [1.54, 1.807) is 7.11 Å². The van der Waals surface area contributed by atoms with Gasteiger partial charge in [0.15, 0.2) is 5.82 Å². The van der Waals surface area contributed by atoms with Crippen molar-refractivity contribution in [1.29, 1.82) is 0 Å². The van der Waals surface area contributed by atoms with Crippen molar-refractivity contribution in [2.45, 2.75) is 26.2 Å². The SMILES string of the molecule is COc1ccccc1C[C@H](C(=O)Nc1ccc(C)cc1C)c1nn[nH]n1. The number of hydrogen-bond donors (Lipinski definition) is 2. The Hall–Kier alpha value is -3.22. The number of aromatic nitrogens is 4. The molecule has 0 spiro atoms. The van der Waals surface area contributed by atoms with Gasteiger partial charge in [-0.05, 0) is 43.5 Å². The number of amides is 1. The van der Waals surface area contributed by atoms with E-state index in [0.29, 0.717) is 12.2 Å². The lowest BCUT2D eigenvalue weighted by atomic mass is 9.96. The van der Waals surface area contributed by atoms with E-state index in [-0.39, 0.29) is 5.91 Å². The van der Waals surface area contributed by atoms with Crippen LogP contribution in [0.1, 0.15) is 28.4 Å². The summed E-state index contributed by atoms with van der Waals surface area (Å²) in [6.07, 6.45) is 0.403. The fraction of sp³-hybridized carbons (Fsp3) is 0.263. The minimum Gasteiger partial charge on any atom is -0.496 e. The first-order valence-electron chi connectivity index (χ1n) is 8.32. The van der Waals surface area contributed by atoms with Crippen molar-refractivity contribution in [2.24, 2.45) is 0 Å². The second-order valence-electron chi connectivity index (χ2n) is 6.15. The van der Waals surface area contributed by atoms with Crippen LogP contribution in [0.25, 0.3) is 0 Å². The summed E-state index contributed by atoms with van der Waals surface area (Å²) in [6.45, 7) is 3.98. The van der Waals surface area contributed by atoms with Crippen molar-refractivity contribution in [1.82, 2.24) is 20.6 Å². The zero-order valence-corrected chi connectivity index (χ0v) is 15.0. The molecular formula is C19H21N5O2. The number of carbonyl (C=O) groups is 1. The van der Waals surface area contributed by atoms with Gasteiger partial charge in [-0.2, -0.15) is 5.21 Å². The first kappa shape index (κ1) is 17.6. The number of benzene rings is 2.